The number of hydrogen-bond acceptors (Lipinski definition) is 3. The van der Waals surface area contributed by atoms with E-state index in [1.807, 2.05) is 37.3 Å². The van der Waals surface area contributed by atoms with Crippen molar-refractivity contribution in [3.05, 3.63) is 48.0 Å². The number of benzene rings is 2. The minimum absolute atomic E-state index is 0.244. The zero-order chi connectivity index (χ0) is 11.8. The molecule has 0 saturated heterocycles. The molecule has 84 valence electrons. The molecule has 0 atom stereocenters. The summed E-state index contributed by atoms with van der Waals surface area (Å²) in [6.07, 6.45) is 0. The molecule has 3 rings (SSSR count). The van der Waals surface area contributed by atoms with Crippen molar-refractivity contribution in [1.82, 2.24) is 5.16 Å². The molecule has 0 unspecified atom stereocenters. The van der Waals surface area contributed by atoms with Gasteiger partial charge in [0.2, 0.25) is 0 Å². The lowest BCUT2D eigenvalue weighted by Gasteiger charge is -1.97. The smallest absolute Gasteiger partial charge is 0.174 e. The molecule has 0 aliphatic heterocycles. The van der Waals surface area contributed by atoms with Crippen LogP contribution < -0.4 is 0 Å². The van der Waals surface area contributed by atoms with Crippen molar-refractivity contribution in [2.24, 2.45) is 0 Å². The van der Waals surface area contributed by atoms with Crippen LogP contribution in [0, 0.1) is 6.92 Å². The Morgan fingerprint density at radius 1 is 1.06 bits per heavy atom. The first-order valence-electron chi connectivity index (χ1n) is 5.39. The van der Waals surface area contributed by atoms with Crippen molar-refractivity contribution < 1.29 is 9.63 Å². The van der Waals surface area contributed by atoms with Crippen molar-refractivity contribution in [1.29, 1.82) is 0 Å². The summed E-state index contributed by atoms with van der Waals surface area (Å²) < 4.78 is 5.36. The second kappa shape index (κ2) is 3.63. The van der Waals surface area contributed by atoms with Gasteiger partial charge in [0.05, 0.1) is 0 Å². The molecule has 1 heterocycles. The Balaban J connectivity index is 2.21. The average Bonchev–Trinajstić information content (AvgIpc) is 2.73. The van der Waals surface area contributed by atoms with Crippen molar-refractivity contribution >= 4 is 10.9 Å². The maximum absolute atomic E-state index is 9.26. The number of aryl methyl sites for hydroxylation is 1. The third-order valence-electron chi connectivity index (χ3n) is 2.76. The topological polar surface area (TPSA) is 46.3 Å². The third kappa shape index (κ3) is 1.65. The van der Waals surface area contributed by atoms with Crippen LogP contribution in [-0.2, 0) is 0 Å². The molecule has 0 saturated carbocycles. The normalized spacial score (nSPS) is 10.9. The van der Waals surface area contributed by atoms with Gasteiger partial charge in [-0.25, -0.2) is 0 Å². The van der Waals surface area contributed by atoms with Crippen LogP contribution in [0.3, 0.4) is 0 Å². The van der Waals surface area contributed by atoms with Gasteiger partial charge in [-0.3, -0.25) is 0 Å². The summed E-state index contributed by atoms with van der Waals surface area (Å²) in [5.41, 5.74) is 2.92. The lowest BCUT2D eigenvalue weighted by molar-refractivity contribution is 0.440. The quantitative estimate of drug-likeness (QED) is 0.689. The van der Waals surface area contributed by atoms with Crippen molar-refractivity contribution in [3.8, 4) is 17.1 Å². The maximum atomic E-state index is 9.26. The minimum atomic E-state index is 0.244. The molecule has 0 spiro atoms. The van der Waals surface area contributed by atoms with Gasteiger partial charge in [0.25, 0.3) is 0 Å². The van der Waals surface area contributed by atoms with E-state index in [1.165, 1.54) is 0 Å². The molecule has 2 aromatic carbocycles. The van der Waals surface area contributed by atoms with Gasteiger partial charge < -0.3 is 9.63 Å². The van der Waals surface area contributed by atoms with E-state index in [-0.39, 0.29) is 5.75 Å². The highest BCUT2D eigenvalue weighted by molar-refractivity contribution is 5.91. The van der Waals surface area contributed by atoms with Crippen LogP contribution in [0.2, 0.25) is 0 Å². The van der Waals surface area contributed by atoms with Gasteiger partial charge in [-0.15, -0.1) is 0 Å². The molecule has 0 radical (unpaired) electrons. The van der Waals surface area contributed by atoms with Crippen LogP contribution >= 0.6 is 0 Å². The van der Waals surface area contributed by atoms with Crippen LogP contribution in [-0.4, -0.2) is 10.3 Å². The number of fused-ring (bicyclic) bond motifs is 1. The van der Waals surface area contributed by atoms with Crippen LogP contribution in [0.15, 0.2) is 47.0 Å². The number of aromatic hydroxyl groups is 1. The summed E-state index contributed by atoms with van der Waals surface area (Å²) in [5.74, 6) is 0.980. The Labute approximate surface area is 98.3 Å². The Morgan fingerprint density at radius 3 is 2.59 bits per heavy atom. The van der Waals surface area contributed by atoms with E-state index in [1.54, 1.807) is 12.1 Å². The summed E-state index contributed by atoms with van der Waals surface area (Å²) in [4.78, 5) is 0. The van der Waals surface area contributed by atoms with E-state index in [9.17, 15) is 5.11 Å². The molecule has 1 aromatic heterocycles. The lowest BCUT2D eigenvalue weighted by Crippen LogP contribution is -1.75. The first-order valence-corrected chi connectivity index (χ1v) is 5.39. The Hall–Kier alpha value is -2.29. The first-order chi connectivity index (χ1) is 8.24. The summed E-state index contributed by atoms with van der Waals surface area (Å²) >= 11 is 0. The largest absolute Gasteiger partial charge is 0.508 e. The molecule has 0 fully saturated rings. The Kier molecular flexibility index (Phi) is 2.11. The fraction of sp³-hybridized carbons (Fsp3) is 0.0714. The highest BCUT2D eigenvalue weighted by Crippen LogP contribution is 2.29. The highest BCUT2D eigenvalue weighted by atomic mass is 16.5. The van der Waals surface area contributed by atoms with E-state index >= 15 is 0 Å². The van der Waals surface area contributed by atoms with Crippen molar-refractivity contribution in [2.75, 3.05) is 0 Å². The van der Waals surface area contributed by atoms with Crippen LogP contribution in [0.25, 0.3) is 22.2 Å². The molecule has 3 aromatic rings. The molecule has 0 aliphatic rings. The lowest BCUT2D eigenvalue weighted by atomic mass is 10.1. The fourth-order valence-electron chi connectivity index (χ4n) is 1.87. The molecule has 0 amide bonds. The van der Waals surface area contributed by atoms with Gasteiger partial charge in [-0.05, 0) is 48.9 Å². The summed E-state index contributed by atoms with van der Waals surface area (Å²) in [7, 11) is 0. The number of rotatable bonds is 1. The molecule has 0 bridgehead atoms. The van der Waals surface area contributed by atoms with E-state index < -0.39 is 0 Å². The van der Waals surface area contributed by atoms with Gasteiger partial charge in [0.15, 0.2) is 5.76 Å². The molecule has 3 heteroatoms. The van der Waals surface area contributed by atoms with Crippen molar-refractivity contribution in [2.45, 2.75) is 6.92 Å². The van der Waals surface area contributed by atoms with E-state index in [2.05, 4.69) is 5.16 Å². The SMILES string of the molecule is Cc1ccc2c(-c3ccc(O)cc3)onc2c1. The molecule has 0 aliphatic carbocycles. The molecular weight excluding hydrogens is 214 g/mol. The third-order valence-corrected chi connectivity index (χ3v) is 2.76. The molecule has 17 heavy (non-hydrogen) atoms. The number of aromatic nitrogens is 1. The number of phenolic OH excluding ortho intramolecular Hbond substituents is 1. The van der Waals surface area contributed by atoms with Gasteiger partial charge in [0, 0.05) is 10.9 Å². The maximum Gasteiger partial charge on any atom is 0.174 e. The standard InChI is InChI=1S/C14H11NO2/c1-9-2-7-12-13(8-9)15-17-14(12)10-3-5-11(16)6-4-10/h2-8,16H,1H3. The predicted molar refractivity (Wildman–Crippen MR) is 65.8 cm³/mol. The van der Waals surface area contributed by atoms with Gasteiger partial charge in [-0.1, -0.05) is 11.2 Å². The number of phenols is 1. The van der Waals surface area contributed by atoms with E-state index in [0.29, 0.717) is 0 Å². The minimum Gasteiger partial charge on any atom is -0.508 e. The van der Waals surface area contributed by atoms with Gasteiger partial charge >= 0.3 is 0 Å². The highest BCUT2D eigenvalue weighted by Gasteiger charge is 2.10. The van der Waals surface area contributed by atoms with Crippen LogP contribution in [0.4, 0.5) is 0 Å². The second-order valence-corrected chi connectivity index (χ2v) is 4.08. The average molecular weight is 225 g/mol. The zero-order valence-corrected chi connectivity index (χ0v) is 9.34. The van der Waals surface area contributed by atoms with Crippen LogP contribution in [0.5, 0.6) is 5.75 Å². The second-order valence-electron chi connectivity index (χ2n) is 4.08. The van der Waals surface area contributed by atoms with Crippen molar-refractivity contribution in [3.63, 3.8) is 0 Å². The van der Waals surface area contributed by atoms with Crippen LogP contribution in [0.1, 0.15) is 5.56 Å². The predicted octanol–water partition coefficient (Wildman–Crippen LogP) is 3.51. The number of nitrogens with zero attached hydrogens (tertiary/aromatic N) is 1. The summed E-state index contributed by atoms with van der Waals surface area (Å²) in [5, 5.41) is 14.3. The summed E-state index contributed by atoms with van der Waals surface area (Å²) in [6, 6.07) is 12.9. The zero-order valence-electron chi connectivity index (χ0n) is 9.34. The summed E-state index contributed by atoms with van der Waals surface area (Å²) in [6.45, 7) is 2.02. The molecular formula is C14H11NO2. The van der Waals surface area contributed by atoms with Gasteiger partial charge in [-0.2, -0.15) is 0 Å². The van der Waals surface area contributed by atoms with E-state index in [0.717, 1.165) is 27.8 Å². The van der Waals surface area contributed by atoms with Gasteiger partial charge in [0.1, 0.15) is 11.3 Å². The molecule has 1 N–H and O–H groups in total. The Morgan fingerprint density at radius 2 is 1.82 bits per heavy atom. The first kappa shape index (κ1) is 9.90. The fourth-order valence-corrected chi connectivity index (χ4v) is 1.87. The molecule has 3 nitrogen and oxygen atoms in total. The Bertz CT molecular complexity index is 668. The number of hydrogen-bond donors (Lipinski definition) is 1. The monoisotopic (exact) mass is 225 g/mol. The van der Waals surface area contributed by atoms with E-state index in [4.69, 9.17) is 4.52 Å².